The molecule has 4 rings (SSSR count). The van der Waals surface area contributed by atoms with Crippen LogP contribution in [0.4, 0.5) is 10.8 Å². The number of nitrogens with zero attached hydrogens (tertiary/aromatic N) is 1. The number of aromatic nitrogens is 1. The molecule has 4 aromatic rings. The molecule has 0 radical (unpaired) electrons. The third kappa shape index (κ3) is 2.88. The van der Waals surface area contributed by atoms with Crippen molar-refractivity contribution in [1.29, 1.82) is 0 Å². The third-order valence-corrected chi connectivity index (χ3v) is 4.68. The first kappa shape index (κ1) is 14.1. The van der Waals surface area contributed by atoms with Crippen LogP contribution >= 0.6 is 23.6 Å². The van der Waals surface area contributed by atoms with Gasteiger partial charge in [-0.05, 0) is 35.8 Å². The van der Waals surface area contributed by atoms with Crippen molar-refractivity contribution >= 4 is 60.5 Å². The number of para-hydroxylation sites is 1. The molecule has 0 amide bonds. The molecule has 3 nitrogen and oxygen atoms in total. The van der Waals surface area contributed by atoms with Gasteiger partial charge in [0.2, 0.25) is 0 Å². The van der Waals surface area contributed by atoms with Gasteiger partial charge in [-0.15, -0.1) is 0 Å². The number of rotatable bonds is 2. The zero-order chi connectivity index (χ0) is 15.6. The molecule has 0 saturated heterocycles. The number of anilines is 2. The number of benzene rings is 3. The minimum Gasteiger partial charge on any atom is -0.332 e. The second kappa shape index (κ2) is 5.95. The highest BCUT2D eigenvalue weighted by Gasteiger charge is 2.08. The number of thiocarbonyl (C=S) groups is 1. The highest BCUT2D eigenvalue weighted by atomic mass is 32.1. The van der Waals surface area contributed by atoms with Crippen LogP contribution < -0.4 is 10.6 Å². The molecule has 0 fully saturated rings. The summed E-state index contributed by atoms with van der Waals surface area (Å²) in [7, 11) is 0. The van der Waals surface area contributed by atoms with Gasteiger partial charge in [0.25, 0.3) is 0 Å². The van der Waals surface area contributed by atoms with E-state index >= 15 is 0 Å². The first-order chi connectivity index (χ1) is 11.3. The van der Waals surface area contributed by atoms with Crippen molar-refractivity contribution in [3.05, 3.63) is 66.7 Å². The van der Waals surface area contributed by atoms with Gasteiger partial charge in [0.05, 0.1) is 10.2 Å². The van der Waals surface area contributed by atoms with E-state index in [-0.39, 0.29) is 0 Å². The first-order valence-electron chi connectivity index (χ1n) is 7.21. The molecule has 0 bridgehead atoms. The Morgan fingerprint density at radius 1 is 0.870 bits per heavy atom. The van der Waals surface area contributed by atoms with Gasteiger partial charge in [-0.1, -0.05) is 59.9 Å². The highest BCUT2D eigenvalue weighted by molar-refractivity contribution is 7.80. The monoisotopic (exact) mass is 335 g/mol. The summed E-state index contributed by atoms with van der Waals surface area (Å²) in [6.45, 7) is 0. The van der Waals surface area contributed by atoms with Crippen LogP contribution in [0.5, 0.6) is 0 Å². The standard InChI is InChI=1S/C18H13N3S2/c22-17(19-13-7-2-1-3-8-13)21-18-20-16-14-9-5-4-6-12(14)10-11-15(16)23-18/h1-11H,(H2,19,20,21,22). The normalized spacial score (nSPS) is 10.8. The van der Waals surface area contributed by atoms with E-state index in [4.69, 9.17) is 17.2 Å². The molecular formula is C18H13N3S2. The van der Waals surface area contributed by atoms with Crippen LogP contribution in [0.15, 0.2) is 66.7 Å². The molecule has 0 aliphatic carbocycles. The minimum absolute atomic E-state index is 0.541. The van der Waals surface area contributed by atoms with Crippen LogP contribution in [0, 0.1) is 0 Å². The largest absolute Gasteiger partial charge is 0.332 e. The molecule has 0 saturated carbocycles. The van der Waals surface area contributed by atoms with Crippen LogP contribution in [0.3, 0.4) is 0 Å². The van der Waals surface area contributed by atoms with Crippen LogP contribution in [0.2, 0.25) is 0 Å². The Labute approximate surface area is 143 Å². The average Bonchev–Trinajstić information content (AvgIpc) is 2.98. The van der Waals surface area contributed by atoms with E-state index in [0.717, 1.165) is 26.4 Å². The Kier molecular flexibility index (Phi) is 3.65. The Morgan fingerprint density at radius 3 is 2.52 bits per heavy atom. The molecule has 0 atom stereocenters. The fraction of sp³-hybridized carbons (Fsp3) is 0. The molecule has 5 heteroatoms. The summed E-state index contributed by atoms with van der Waals surface area (Å²) in [5, 5.41) is 10.0. The zero-order valence-corrected chi connectivity index (χ0v) is 13.7. The van der Waals surface area contributed by atoms with Crippen molar-refractivity contribution in [1.82, 2.24) is 4.98 Å². The van der Waals surface area contributed by atoms with Crippen molar-refractivity contribution in [3.63, 3.8) is 0 Å². The molecule has 23 heavy (non-hydrogen) atoms. The smallest absolute Gasteiger partial charge is 0.190 e. The highest BCUT2D eigenvalue weighted by Crippen LogP contribution is 2.31. The number of hydrogen-bond acceptors (Lipinski definition) is 3. The van der Waals surface area contributed by atoms with Gasteiger partial charge < -0.3 is 10.6 Å². The second-order valence-corrected chi connectivity index (χ2v) is 6.54. The van der Waals surface area contributed by atoms with E-state index in [1.807, 2.05) is 42.5 Å². The maximum atomic E-state index is 5.36. The fourth-order valence-corrected chi connectivity index (χ4v) is 3.66. The molecule has 1 aromatic heterocycles. The number of thiazole rings is 1. The zero-order valence-electron chi connectivity index (χ0n) is 12.1. The van der Waals surface area contributed by atoms with Gasteiger partial charge in [0.1, 0.15) is 0 Å². The van der Waals surface area contributed by atoms with Crippen molar-refractivity contribution in [2.75, 3.05) is 10.6 Å². The van der Waals surface area contributed by atoms with Crippen LogP contribution in [0.25, 0.3) is 21.0 Å². The van der Waals surface area contributed by atoms with Gasteiger partial charge in [0, 0.05) is 11.1 Å². The molecule has 0 aliphatic heterocycles. The van der Waals surface area contributed by atoms with E-state index in [9.17, 15) is 0 Å². The van der Waals surface area contributed by atoms with E-state index < -0.39 is 0 Å². The van der Waals surface area contributed by atoms with E-state index in [1.54, 1.807) is 11.3 Å². The second-order valence-electron chi connectivity index (χ2n) is 5.10. The van der Waals surface area contributed by atoms with Crippen LogP contribution in [-0.4, -0.2) is 10.1 Å². The minimum atomic E-state index is 0.541. The molecule has 0 aliphatic rings. The average molecular weight is 335 g/mol. The summed E-state index contributed by atoms with van der Waals surface area (Å²) in [6.07, 6.45) is 0. The molecule has 1 heterocycles. The van der Waals surface area contributed by atoms with Crippen molar-refractivity contribution < 1.29 is 0 Å². The Hall–Kier alpha value is -2.50. The summed E-state index contributed by atoms with van der Waals surface area (Å²) < 4.78 is 1.15. The number of nitrogens with one attached hydrogen (secondary N) is 2. The maximum absolute atomic E-state index is 5.36. The number of hydrogen-bond donors (Lipinski definition) is 2. The Morgan fingerprint density at radius 2 is 1.65 bits per heavy atom. The molecule has 0 spiro atoms. The third-order valence-electron chi connectivity index (χ3n) is 3.54. The topological polar surface area (TPSA) is 37.0 Å². The van der Waals surface area contributed by atoms with Gasteiger partial charge >= 0.3 is 0 Å². The first-order valence-corrected chi connectivity index (χ1v) is 8.43. The predicted molar refractivity (Wildman–Crippen MR) is 103 cm³/mol. The lowest BCUT2D eigenvalue weighted by Crippen LogP contribution is -2.18. The van der Waals surface area contributed by atoms with Crippen LogP contribution in [-0.2, 0) is 0 Å². The van der Waals surface area contributed by atoms with Gasteiger partial charge in [0.15, 0.2) is 10.2 Å². The van der Waals surface area contributed by atoms with Gasteiger partial charge in [-0.25, -0.2) is 4.98 Å². The summed E-state index contributed by atoms with van der Waals surface area (Å²) in [5.41, 5.74) is 1.97. The van der Waals surface area contributed by atoms with E-state index in [2.05, 4.69) is 34.9 Å². The lowest BCUT2D eigenvalue weighted by molar-refractivity contribution is 1.48. The van der Waals surface area contributed by atoms with Crippen molar-refractivity contribution in [2.24, 2.45) is 0 Å². The predicted octanol–water partition coefficient (Wildman–Crippen LogP) is 5.26. The van der Waals surface area contributed by atoms with Crippen molar-refractivity contribution in [2.45, 2.75) is 0 Å². The summed E-state index contributed by atoms with van der Waals surface area (Å²) >= 11 is 6.96. The lowest BCUT2D eigenvalue weighted by atomic mass is 10.1. The summed E-state index contributed by atoms with van der Waals surface area (Å²) in [6, 6.07) is 22.4. The van der Waals surface area contributed by atoms with E-state index in [1.165, 1.54) is 5.39 Å². The Balaban J connectivity index is 1.62. The van der Waals surface area contributed by atoms with E-state index in [0.29, 0.717) is 5.11 Å². The maximum Gasteiger partial charge on any atom is 0.190 e. The lowest BCUT2D eigenvalue weighted by Gasteiger charge is -2.07. The molecule has 112 valence electrons. The molecular weight excluding hydrogens is 322 g/mol. The SMILES string of the molecule is S=C(Nc1ccccc1)Nc1nc2c(ccc3ccccc32)s1. The molecule has 0 unspecified atom stereocenters. The summed E-state index contributed by atoms with van der Waals surface area (Å²) in [5.74, 6) is 0. The van der Waals surface area contributed by atoms with Gasteiger partial charge in [-0.3, -0.25) is 0 Å². The quantitative estimate of drug-likeness (QED) is 0.490. The summed E-state index contributed by atoms with van der Waals surface area (Å²) in [4.78, 5) is 4.70. The van der Waals surface area contributed by atoms with Crippen LogP contribution in [0.1, 0.15) is 0 Å². The fourth-order valence-electron chi connectivity index (χ4n) is 2.50. The van der Waals surface area contributed by atoms with Crippen molar-refractivity contribution in [3.8, 4) is 0 Å². The number of fused-ring (bicyclic) bond motifs is 3. The molecule has 2 N–H and O–H groups in total. The van der Waals surface area contributed by atoms with Gasteiger partial charge in [-0.2, -0.15) is 0 Å². The Bertz CT molecular complexity index is 993. The molecule has 3 aromatic carbocycles.